The predicted molar refractivity (Wildman–Crippen MR) is 92.2 cm³/mol. The van der Waals surface area contributed by atoms with Crippen molar-refractivity contribution in [3.8, 4) is 11.4 Å². The average Bonchev–Trinajstić information content (AvgIpc) is 2.95. The molecule has 0 aliphatic carbocycles. The number of carbonyl (C=O) groups is 1. The standard InChI is InChI=1S/C17H15FN4OS/c1-22-16(13-9-5-6-10-14(13)18)20-21-17(22)24-11-15(23)19-12-7-3-2-4-8-12/h2-10H,11H2,1H3,(H,19,23). The van der Waals surface area contributed by atoms with Crippen LogP contribution < -0.4 is 5.32 Å². The molecule has 0 radical (unpaired) electrons. The van der Waals surface area contributed by atoms with Gasteiger partial charge in [-0.25, -0.2) is 4.39 Å². The van der Waals surface area contributed by atoms with Crippen molar-refractivity contribution in [3.05, 3.63) is 60.4 Å². The second kappa shape index (κ2) is 7.27. The van der Waals surface area contributed by atoms with Crippen LogP contribution >= 0.6 is 11.8 Å². The summed E-state index contributed by atoms with van der Waals surface area (Å²) < 4.78 is 15.5. The fourth-order valence-electron chi connectivity index (χ4n) is 2.17. The molecule has 122 valence electrons. The Balaban J connectivity index is 1.67. The number of hydrogen-bond acceptors (Lipinski definition) is 4. The third kappa shape index (κ3) is 3.62. The largest absolute Gasteiger partial charge is 0.325 e. The van der Waals surface area contributed by atoms with E-state index in [2.05, 4.69) is 15.5 Å². The zero-order valence-corrected chi connectivity index (χ0v) is 13.8. The van der Waals surface area contributed by atoms with Gasteiger partial charge in [0, 0.05) is 12.7 Å². The van der Waals surface area contributed by atoms with Crippen molar-refractivity contribution in [1.29, 1.82) is 0 Å². The zero-order valence-electron chi connectivity index (χ0n) is 12.9. The fraction of sp³-hybridized carbons (Fsp3) is 0.118. The van der Waals surface area contributed by atoms with E-state index in [0.717, 1.165) is 5.69 Å². The highest BCUT2D eigenvalue weighted by molar-refractivity contribution is 7.99. The number of rotatable bonds is 5. The first-order valence-corrected chi connectivity index (χ1v) is 8.25. The molecule has 1 N–H and O–H groups in total. The quantitative estimate of drug-likeness (QED) is 0.723. The Morgan fingerprint density at radius 1 is 1.12 bits per heavy atom. The zero-order chi connectivity index (χ0) is 16.9. The Hall–Kier alpha value is -2.67. The van der Waals surface area contributed by atoms with Gasteiger partial charge in [0.1, 0.15) is 5.82 Å². The van der Waals surface area contributed by atoms with Gasteiger partial charge < -0.3 is 9.88 Å². The molecule has 24 heavy (non-hydrogen) atoms. The van der Waals surface area contributed by atoms with Crippen LogP contribution in [-0.2, 0) is 11.8 Å². The topological polar surface area (TPSA) is 59.8 Å². The molecule has 0 atom stereocenters. The van der Waals surface area contributed by atoms with E-state index in [0.29, 0.717) is 16.5 Å². The number of amides is 1. The number of benzene rings is 2. The number of nitrogens with zero attached hydrogens (tertiary/aromatic N) is 3. The molecule has 0 aliphatic heterocycles. The number of anilines is 1. The number of nitrogens with one attached hydrogen (secondary N) is 1. The monoisotopic (exact) mass is 342 g/mol. The summed E-state index contributed by atoms with van der Waals surface area (Å²) in [4.78, 5) is 12.0. The molecule has 0 bridgehead atoms. The molecular formula is C17H15FN4OS. The summed E-state index contributed by atoms with van der Waals surface area (Å²) in [5.41, 5.74) is 1.13. The van der Waals surface area contributed by atoms with E-state index >= 15 is 0 Å². The summed E-state index contributed by atoms with van der Waals surface area (Å²) in [5, 5.41) is 11.4. The molecule has 1 heterocycles. The summed E-state index contributed by atoms with van der Waals surface area (Å²) in [6.07, 6.45) is 0. The summed E-state index contributed by atoms with van der Waals surface area (Å²) >= 11 is 1.25. The maximum atomic E-state index is 13.9. The molecule has 0 unspecified atom stereocenters. The lowest BCUT2D eigenvalue weighted by Crippen LogP contribution is -2.14. The molecule has 1 amide bonds. The summed E-state index contributed by atoms with van der Waals surface area (Å²) in [5.74, 6) is 0.130. The molecule has 0 spiro atoms. The molecule has 5 nitrogen and oxygen atoms in total. The number of hydrogen-bond donors (Lipinski definition) is 1. The average molecular weight is 342 g/mol. The van der Waals surface area contributed by atoms with Crippen LogP contribution in [0.1, 0.15) is 0 Å². The highest BCUT2D eigenvalue weighted by Gasteiger charge is 2.15. The molecule has 3 aromatic rings. The van der Waals surface area contributed by atoms with E-state index in [9.17, 15) is 9.18 Å². The number of halogens is 1. The fourth-order valence-corrected chi connectivity index (χ4v) is 2.88. The summed E-state index contributed by atoms with van der Waals surface area (Å²) in [7, 11) is 1.75. The van der Waals surface area contributed by atoms with Gasteiger partial charge in [-0.1, -0.05) is 42.1 Å². The van der Waals surface area contributed by atoms with Gasteiger partial charge in [-0.3, -0.25) is 4.79 Å². The molecule has 0 fully saturated rings. The van der Waals surface area contributed by atoms with Gasteiger partial charge in [-0.2, -0.15) is 0 Å². The molecule has 7 heteroatoms. The van der Waals surface area contributed by atoms with E-state index in [4.69, 9.17) is 0 Å². The molecular weight excluding hydrogens is 327 g/mol. The van der Waals surface area contributed by atoms with E-state index in [1.807, 2.05) is 30.3 Å². The SMILES string of the molecule is Cn1c(SCC(=O)Nc2ccccc2)nnc1-c1ccccc1F. The highest BCUT2D eigenvalue weighted by Crippen LogP contribution is 2.24. The van der Waals surface area contributed by atoms with E-state index in [1.54, 1.807) is 29.8 Å². The first-order valence-electron chi connectivity index (χ1n) is 7.27. The second-order valence-electron chi connectivity index (χ2n) is 5.05. The molecule has 1 aromatic heterocycles. The Bertz CT molecular complexity index is 851. The second-order valence-corrected chi connectivity index (χ2v) is 5.99. The normalized spacial score (nSPS) is 10.6. The van der Waals surface area contributed by atoms with Crippen LogP contribution in [0.3, 0.4) is 0 Å². The van der Waals surface area contributed by atoms with Crippen molar-refractivity contribution < 1.29 is 9.18 Å². The Labute approximate surface area is 142 Å². The lowest BCUT2D eigenvalue weighted by molar-refractivity contribution is -0.113. The van der Waals surface area contributed by atoms with Crippen molar-refractivity contribution in [2.75, 3.05) is 11.1 Å². The molecule has 2 aromatic carbocycles. The van der Waals surface area contributed by atoms with Crippen molar-refractivity contribution in [3.63, 3.8) is 0 Å². The van der Waals surface area contributed by atoms with Crippen molar-refractivity contribution in [2.24, 2.45) is 7.05 Å². The lowest BCUT2D eigenvalue weighted by atomic mass is 10.2. The van der Waals surface area contributed by atoms with Crippen molar-refractivity contribution in [1.82, 2.24) is 14.8 Å². The first kappa shape index (κ1) is 16.2. The molecule has 0 saturated heterocycles. The van der Waals surface area contributed by atoms with Crippen molar-refractivity contribution >= 4 is 23.4 Å². The van der Waals surface area contributed by atoms with Crippen LogP contribution in [0.15, 0.2) is 59.8 Å². The minimum Gasteiger partial charge on any atom is -0.325 e. The van der Waals surface area contributed by atoms with Crippen LogP contribution in [0, 0.1) is 5.82 Å². The third-order valence-electron chi connectivity index (χ3n) is 3.34. The molecule has 0 aliphatic rings. The highest BCUT2D eigenvalue weighted by atomic mass is 32.2. The van der Waals surface area contributed by atoms with E-state index < -0.39 is 0 Å². The minimum absolute atomic E-state index is 0.137. The minimum atomic E-state index is -0.355. The van der Waals surface area contributed by atoms with Crippen LogP contribution in [0.25, 0.3) is 11.4 Å². The van der Waals surface area contributed by atoms with Gasteiger partial charge in [0.15, 0.2) is 11.0 Å². The van der Waals surface area contributed by atoms with Gasteiger partial charge in [-0.15, -0.1) is 10.2 Å². The summed E-state index contributed by atoms with van der Waals surface area (Å²) in [6, 6.07) is 15.6. The van der Waals surface area contributed by atoms with Gasteiger partial charge in [0.05, 0.1) is 11.3 Å². The van der Waals surface area contributed by atoms with Crippen LogP contribution in [0.2, 0.25) is 0 Å². The Kier molecular flexibility index (Phi) is 4.90. The van der Waals surface area contributed by atoms with Gasteiger partial charge >= 0.3 is 0 Å². The Morgan fingerprint density at radius 2 is 1.83 bits per heavy atom. The number of thioether (sulfide) groups is 1. The van der Waals surface area contributed by atoms with Crippen LogP contribution in [0.4, 0.5) is 10.1 Å². The first-order chi connectivity index (χ1) is 11.6. The smallest absolute Gasteiger partial charge is 0.234 e. The third-order valence-corrected chi connectivity index (χ3v) is 4.36. The Morgan fingerprint density at radius 3 is 2.58 bits per heavy atom. The summed E-state index contributed by atoms with van der Waals surface area (Å²) in [6.45, 7) is 0. The van der Waals surface area contributed by atoms with Gasteiger partial charge in [-0.05, 0) is 24.3 Å². The van der Waals surface area contributed by atoms with Gasteiger partial charge in [0.2, 0.25) is 5.91 Å². The maximum absolute atomic E-state index is 13.9. The van der Waals surface area contributed by atoms with Gasteiger partial charge in [0.25, 0.3) is 0 Å². The number of para-hydroxylation sites is 1. The maximum Gasteiger partial charge on any atom is 0.234 e. The predicted octanol–water partition coefficient (Wildman–Crippen LogP) is 3.35. The van der Waals surface area contributed by atoms with E-state index in [1.165, 1.54) is 17.8 Å². The van der Waals surface area contributed by atoms with Crippen LogP contribution in [0.5, 0.6) is 0 Å². The molecule has 0 saturated carbocycles. The van der Waals surface area contributed by atoms with Crippen LogP contribution in [-0.4, -0.2) is 26.4 Å². The lowest BCUT2D eigenvalue weighted by Gasteiger charge is -2.06. The number of carbonyl (C=O) groups excluding carboxylic acids is 1. The van der Waals surface area contributed by atoms with E-state index in [-0.39, 0.29) is 17.5 Å². The van der Waals surface area contributed by atoms with Crippen molar-refractivity contribution in [2.45, 2.75) is 5.16 Å². The molecule has 3 rings (SSSR count). The number of aromatic nitrogens is 3.